The molecule has 1 aliphatic rings. The van der Waals surface area contributed by atoms with Crippen molar-refractivity contribution in [2.24, 2.45) is 0 Å². The lowest BCUT2D eigenvalue weighted by Gasteiger charge is -2.08. The first kappa shape index (κ1) is 13.0. The molecule has 3 rings (SSSR count). The zero-order valence-corrected chi connectivity index (χ0v) is 11.1. The van der Waals surface area contributed by atoms with Crippen molar-refractivity contribution in [3.8, 4) is 0 Å². The first-order valence-corrected chi connectivity index (χ1v) is 6.88. The molecule has 1 N–H and O–H groups in total. The highest BCUT2D eigenvalue weighted by Crippen LogP contribution is 2.21. The maximum atomic E-state index is 13.1. The number of anilines is 1. The standard InChI is InChI=1S/C16H16F2N2/c17-13-8-11(9-14(18)10-13)6-7-19-16-5-4-12-2-1-3-15(12)20-16/h4-5,8-10H,1-3,6-7H2,(H,19,20). The molecule has 0 saturated carbocycles. The van der Waals surface area contributed by atoms with Crippen LogP contribution in [0.1, 0.15) is 23.2 Å². The molecule has 0 spiro atoms. The van der Waals surface area contributed by atoms with Crippen LogP contribution in [0.25, 0.3) is 0 Å². The number of aryl methyl sites for hydroxylation is 2. The van der Waals surface area contributed by atoms with Crippen LogP contribution in [-0.2, 0) is 19.3 Å². The van der Waals surface area contributed by atoms with E-state index in [1.165, 1.54) is 29.8 Å². The Bertz CT molecular complexity index is 606. The fourth-order valence-corrected chi connectivity index (χ4v) is 2.61. The molecule has 0 radical (unpaired) electrons. The minimum Gasteiger partial charge on any atom is -0.370 e. The van der Waals surface area contributed by atoms with Gasteiger partial charge in [-0.15, -0.1) is 0 Å². The van der Waals surface area contributed by atoms with Crippen LogP contribution < -0.4 is 5.32 Å². The Morgan fingerprint density at radius 3 is 2.65 bits per heavy atom. The molecule has 4 heteroatoms. The van der Waals surface area contributed by atoms with Crippen molar-refractivity contribution in [1.29, 1.82) is 0 Å². The summed E-state index contributed by atoms with van der Waals surface area (Å²) in [6, 6.07) is 7.69. The first-order valence-electron chi connectivity index (χ1n) is 6.88. The number of nitrogens with one attached hydrogen (secondary N) is 1. The molecule has 1 aromatic heterocycles. The minimum atomic E-state index is -0.532. The number of hydrogen-bond donors (Lipinski definition) is 1. The number of aromatic nitrogens is 1. The largest absolute Gasteiger partial charge is 0.370 e. The van der Waals surface area contributed by atoms with E-state index in [1.54, 1.807) is 0 Å². The van der Waals surface area contributed by atoms with Crippen LogP contribution in [0.3, 0.4) is 0 Å². The monoisotopic (exact) mass is 274 g/mol. The average molecular weight is 274 g/mol. The summed E-state index contributed by atoms with van der Waals surface area (Å²) in [5.74, 6) is -0.228. The lowest BCUT2D eigenvalue weighted by Crippen LogP contribution is -2.07. The molecule has 0 amide bonds. The number of pyridine rings is 1. The van der Waals surface area contributed by atoms with Gasteiger partial charge in [0, 0.05) is 18.3 Å². The average Bonchev–Trinajstić information content (AvgIpc) is 2.85. The molecule has 0 saturated heterocycles. The second-order valence-corrected chi connectivity index (χ2v) is 5.11. The summed E-state index contributed by atoms with van der Waals surface area (Å²) in [7, 11) is 0. The third kappa shape index (κ3) is 2.95. The number of benzene rings is 1. The molecule has 0 atom stereocenters. The van der Waals surface area contributed by atoms with Crippen molar-refractivity contribution >= 4 is 5.82 Å². The zero-order chi connectivity index (χ0) is 13.9. The molecule has 0 unspecified atom stereocenters. The van der Waals surface area contributed by atoms with Crippen LogP contribution in [0, 0.1) is 11.6 Å². The maximum absolute atomic E-state index is 13.1. The van der Waals surface area contributed by atoms with E-state index in [-0.39, 0.29) is 0 Å². The van der Waals surface area contributed by atoms with Gasteiger partial charge in [0.2, 0.25) is 0 Å². The number of nitrogens with zero attached hydrogens (tertiary/aromatic N) is 1. The van der Waals surface area contributed by atoms with Gasteiger partial charge in [-0.05, 0) is 55.0 Å². The highest BCUT2D eigenvalue weighted by atomic mass is 19.1. The van der Waals surface area contributed by atoms with Gasteiger partial charge in [0.25, 0.3) is 0 Å². The van der Waals surface area contributed by atoms with Gasteiger partial charge in [0.1, 0.15) is 17.5 Å². The normalized spacial score (nSPS) is 13.3. The van der Waals surface area contributed by atoms with Crippen molar-refractivity contribution in [3.63, 3.8) is 0 Å². The second-order valence-electron chi connectivity index (χ2n) is 5.11. The molecule has 0 bridgehead atoms. The highest BCUT2D eigenvalue weighted by Gasteiger charge is 2.12. The Labute approximate surface area is 116 Å². The summed E-state index contributed by atoms with van der Waals surface area (Å²) in [6.45, 7) is 0.606. The summed E-state index contributed by atoms with van der Waals surface area (Å²) in [4.78, 5) is 4.56. The Kier molecular flexibility index (Phi) is 3.63. The maximum Gasteiger partial charge on any atom is 0.126 e. The molecular weight excluding hydrogens is 258 g/mol. The van der Waals surface area contributed by atoms with Gasteiger partial charge < -0.3 is 5.32 Å². The van der Waals surface area contributed by atoms with Crippen LogP contribution >= 0.6 is 0 Å². The Hall–Kier alpha value is -1.97. The van der Waals surface area contributed by atoms with Crippen molar-refractivity contribution in [2.45, 2.75) is 25.7 Å². The van der Waals surface area contributed by atoms with Gasteiger partial charge in [-0.25, -0.2) is 13.8 Å². The molecule has 104 valence electrons. The van der Waals surface area contributed by atoms with E-state index in [0.29, 0.717) is 18.5 Å². The smallest absolute Gasteiger partial charge is 0.126 e. The number of hydrogen-bond acceptors (Lipinski definition) is 2. The summed E-state index contributed by atoms with van der Waals surface area (Å²) in [5.41, 5.74) is 3.16. The lowest BCUT2D eigenvalue weighted by molar-refractivity contribution is 0.580. The van der Waals surface area contributed by atoms with E-state index in [9.17, 15) is 8.78 Å². The number of halogens is 2. The van der Waals surface area contributed by atoms with Gasteiger partial charge in [0.05, 0.1) is 0 Å². The summed E-state index contributed by atoms with van der Waals surface area (Å²) < 4.78 is 26.1. The SMILES string of the molecule is Fc1cc(F)cc(CCNc2ccc3c(n2)CCC3)c1. The van der Waals surface area contributed by atoms with Gasteiger partial charge in [-0.1, -0.05) is 6.07 Å². The number of rotatable bonds is 4. The molecule has 1 heterocycles. The van der Waals surface area contributed by atoms with Crippen molar-refractivity contribution < 1.29 is 8.78 Å². The molecule has 0 aliphatic heterocycles. The molecule has 1 aromatic carbocycles. The van der Waals surface area contributed by atoms with E-state index in [2.05, 4.69) is 16.4 Å². The molecule has 2 aromatic rings. The molecule has 2 nitrogen and oxygen atoms in total. The zero-order valence-electron chi connectivity index (χ0n) is 11.1. The predicted molar refractivity (Wildman–Crippen MR) is 74.8 cm³/mol. The third-order valence-corrected chi connectivity index (χ3v) is 3.57. The van der Waals surface area contributed by atoms with E-state index < -0.39 is 11.6 Å². The molecule has 1 aliphatic carbocycles. The van der Waals surface area contributed by atoms with Crippen LogP contribution in [0.15, 0.2) is 30.3 Å². The fourth-order valence-electron chi connectivity index (χ4n) is 2.61. The van der Waals surface area contributed by atoms with E-state index in [0.717, 1.165) is 24.7 Å². The minimum absolute atomic E-state index is 0.532. The predicted octanol–water partition coefficient (Wildman–Crippen LogP) is 3.50. The van der Waals surface area contributed by atoms with Gasteiger partial charge in [-0.3, -0.25) is 0 Å². The van der Waals surface area contributed by atoms with Crippen LogP contribution in [0.2, 0.25) is 0 Å². The molecule has 20 heavy (non-hydrogen) atoms. The lowest BCUT2D eigenvalue weighted by atomic mass is 10.1. The van der Waals surface area contributed by atoms with Gasteiger partial charge in [-0.2, -0.15) is 0 Å². The van der Waals surface area contributed by atoms with E-state index in [4.69, 9.17) is 0 Å². The molecule has 0 fully saturated rings. The van der Waals surface area contributed by atoms with E-state index in [1.807, 2.05) is 6.07 Å². The Morgan fingerprint density at radius 1 is 1.05 bits per heavy atom. The van der Waals surface area contributed by atoms with Crippen LogP contribution in [-0.4, -0.2) is 11.5 Å². The third-order valence-electron chi connectivity index (χ3n) is 3.57. The fraction of sp³-hybridized carbons (Fsp3) is 0.312. The summed E-state index contributed by atoms with van der Waals surface area (Å²) >= 11 is 0. The van der Waals surface area contributed by atoms with Crippen molar-refractivity contribution in [1.82, 2.24) is 4.98 Å². The first-order chi connectivity index (χ1) is 9.70. The Balaban J connectivity index is 1.59. The highest BCUT2D eigenvalue weighted by molar-refractivity contribution is 5.40. The summed E-state index contributed by atoms with van der Waals surface area (Å²) in [5, 5.41) is 3.21. The Morgan fingerprint density at radius 2 is 1.85 bits per heavy atom. The topological polar surface area (TPSA) is 24.9 Å². The summed E-state index contributed by atoms with van der Waals surface area (Å²) in [6.07, 6.45) is 3.90. The van der Waals surface area contributed by atoms with Gasteiger partial charge >= 0.3 is 0 Å². The van der Waals surface area contributed by atoms with Crippen LogP contribution in [0.5, 0.6) is 0 Å². The van der Waals surface area contributed by atoms with Crippen molar-refractivity contribution in [2.75, 3.05) is 11.9 Å². The number of fused-ring (bicyclic) bond motifs is 1. The quantitative estimate of drug-likeness (QED) is 0.923. The van der Waals surface area contributed by atoms with E-state index >= 15 is 0 Å². The van der Waals surface area contributed by atoms with Crippen LogP contribution in [0.4, 0.5) is 14.6 Å². The van der Waals surface area contributed by atoms with Gasteiger partial charge in [0.15, 0.2) is 0 Å². The second kappa shape index (κ2) is 5.57. The van der Waals surface area contributed by atoms with Crippen molar-refractivity contribution in [3.05, 3.63) is 58.8 Å². The molecular formula is C16H16F2N2.